The summed E-state index contributed by atoms with van der Waals surface area (Å²) in [5, 5.41) is 4.00. The molecule has 2 rings (SSSR count). The summed E-state index contributed by atoms with van der Waals surface area (Å²) in [6.45, 7) is 2.06. The zero-order valence-electron chi connectivity index (χ0n) is 9.89. The minimum absolute atomic E-state index is 0.0447. The Morgan fingerprint density at radius 3 is 2.94 bits per heavy atom. The van der Waals surface area contributed by atoms with Crippen LogP contribution in [0, 0.1) is 0 Å². The van der Waals surface area contributed by atoms with Crippen LogP contribution in [0.4, 0.5) is 0 Å². The van der Waals surface area contributed by atoms with Gasteiger partial charge < -0.3 is 0 Å². The molecule has 0 aliphatic heterocycles. The van der Waals surface area contributed by atoms with Crippen LogP contribution in [-0.4, -0.2) is 20.4 Å². The third-order valence-electron chi connectivity index (χ3n) is 2.43. The average Bonchev–Trinajstić information content (AvgIpc) is 2.81. The van der Waals surface area contributed by atoms with E-state index in [9.17, 15) is 4.79 Å². The quantitative estimate of drug-likeness (QED) is 0.793. The molecule has 0 aliphatic carbocycles. The second-order valence-corrected chi connectivity index (χ2v) is 5.54. The number of pyridine rings is 1. The third-order valence-corrected chi connectivity index (χ3v) is 3.70. The minimum atomic E-state index is 0.0447. The number of aryl methyl sites for hydroxylation is 1. The van der Waals surface area contributed by atoms with Crippen LogP contribution in [-0.2, 0) is 12.8 Å². The number of ketones is 1. The summed E-state index contributed by atoms with van der Waals surface area (Å²) >= 11 is 4.49. The molecule has 0 spiro atoms. The summed E-state index contributed by atoms with van der Waals surface area (Å²) in [6.07, 6.45) is 3.75. The van der Waals surface area contributed by atoms with Crippen LogP contribution in [0.3, 0.4) is 0 Å². The van der Waals surface area contributed by atoms with Gasteiger partial charge in [0.1, 0.15) is 4.88 Å². The first-order valence-corrected chi connectivity index (χ1v) is 7.22. The predicted octanol–water partition coefficient (Wildman–Crippen LogP) is 3.07. The maximum atomic E-state index is 12.1. The summed E-state index contributed by atoms with van der Waals surface area (Å²) in [5.41, 5.74) is 1.57. The number of rotatable bonds is 5. The standard InChI is InChI=1S/C12H12BrN3OS/c1-2-3-10-12(18-16-15-10)11(17)6-9-5-4-8(13)7-14-9/h4-5,7H,2-3,6H2,1H3. The molecule has 2 aromatic rings. The summed E-state index contributed by atoms with van der Waals surface area (Å²) in [7, 11) is 0. The second-order valence-electron chi connectivity index (χ2n) is 3.87. The van der Waals surface area contributed by atoms with Crippen LogP contribution in [0.1, 0.15) is 34.4 Å². The fraction of sp³-hybridized carbons (Fsp3) is 0.333. The third kappa shape index (κ3) is 3.20. The molecule has 0 aromatic carbocycles. The van der Waals surface area contributed by atoms with Gasteiger partial charge in [0.25, 0.3) is 0 Å². The maximum absolute atomic E-state index is 12.1. The molecule has 0 saturated carbocycles. The Labute approximate surface area is 118 Å². The summed E-state index contributed by atoms with van der Waals surface area (Å²) in [4.78, 5) is 17.0. The van der Waals surface area contributed by atoms with E-state index in [1.54, 1.807) is 6.20 Å². The lowest BCUT2D eigenvalue weighted by Gasteiger charge is -2.00. The monoisotopic (exact) mass is 325 g/mol. The highest BCUT2D eigenvalue weighted by Crippen LogP contribution is 2.16. The van der Waals surface area contributed by atoms with E-state index >= 15 is 0 Å². The maximum Gasteiger partial charge on any atom is 0.182 e. The summed E-state index contributed by atoms with van der Waals surface area (Å²) in [6, 6.07) is 3.73. The van der Waals surface area contributed by atoms with Gasteiger partial charge in [-0.25, -0.2) is 0 Å². The van der Waals surface area contributed by atoms with Crippen LogP contribution in [0.5, 0.6) is 0 Å². The van der Waals surface area contributed by atoms with Gasteiger partial charge in [-0.2, -0.15) is 0 Å². The Hall–Kier alpha value is -1.14. The zero-order valence-corrected chi connectivity index (χ0v) is 12.3. The van der Waals surface area contributed by atoms with Gasteiger partial charge in [-0.3, -0.25) is 9.78 Å². The highest BCUT2D eigenvalue weighted by Gasteiger charge is 2.16. The Morgan fingerprint density at radius 2 is 2.28 bits per heavy atom. The highest BCUT2D eigenvalue weighted by atomic mass is 79.9. The van der Waals surface area contributed by atoms with Crippen molar-refractivity contribution in [2.75, 3.05) is 0 Å². The number of Topliss-reactive ketones (excluding diaryl/α,β-unsaturated/α-hetero) is 1. The molecule has 0 atom stereocenters. The number of hydrogen-bond acceptors (Lipinski definition) is 5. The molecule has 2 heterocycles. The fourth-order valence-corrected chi connectivity index (χ4v) is 2.45. The van der Waals surface area contributed by atoms with Gasteiger partial charge in [0.2, 0.25) is 0 Å². The van der Waals surface area contributed by atoms with Crippen molar-refractivity contribution in [1.29, 1.82) is 0 Å². The Kier molecular flexibility index (Phi) is 4.54. The van der Waals surface area contributed by atoms with E-state index < -0.39 is 0 Å². The van der Waals surface area contributed by atoms with Gasteiger partial charge in [-0.05, 0) is 46.0 Å². The van der Waals surface area contributed by atoms with E-state index in [4.69, 9.17) is 0 Å². The van der Waals surface area contributed by atoms with Crippen molar-refractivity contribution < 1.29 is 4.79 Å². The smallest absolute Gasteiger partial charge is 0.182 e. The fourth-order valence-electron chi connectivity index (χ4n) is 1.58. The average molecular weight is 326 g/mol. The number of carbonyl (C=O) groups excluding carboxylic acids is 1. The molecule has 4 nitrogen and oxygen atoms in total. The van der Waals surface area contributed by atoms with Crippen molar-refractivity contribution in [2.24, 2.45) is 0 Å². The largest absolute Gasteiger partial charge is 0.293 e. The predicted molar refractivity (Wildman–Crippen MR) is 73.9 cm³/mol. The number of halogens is 1. The molecule has 0 aliphatic rings. The Balaban J connectivity index is 2.11. The molecular formula is C12H12BrN3OS. The SMILES string of the molecule is CCCc1nnsc1C(=O)Cc1ccc(Br)cn1. The molecule has 0 N–H and O–H groups in total. The molecule has 0 saturated heterocycles. The first-order chi connectivity index (χ1) is 8.70. The first kappa shape index (κ1) is 13.3. The van der Waals surface area contributed by atoms with E-state index in [1.807, 2.05) is 12.1 Å². The zero-order chi connectivity index (χ0) is 13.0. The van der Waals surface area contributed by atoms with Crippen LogP contribution < -0.4 is 0 Å². The Bertz CT molecular complexity index is 539. The van der Waals surface area contributed by atoms with Gasteiger partial charge >= 0.3 is 0 Å². The first-order valence-electron chi connectivity index (χ1n) is 5.65. The van der Waals surface area contributed by atoms with Gasteiger partial charge in [0.15, 0.2) is 5.78 Å². The molecule has 0 fully saturated rings. The van der Waals surface area contributed by atoms with Crippen LogP contribution >= 0.6 is 27.5 Å². The molecule has 94 valence electrons. The number of nitrogens with zero attached hydrogens (tertiary/aromatic N) is 3. The lowest BCUT2D eigenvalue weighted by atomic mass is 10.1. The van der Waals surface area contributed by atoms with Gasteiger partial charge in [0, 0.05) is 16.4 Å². The van der Waals surface area contributed by atoms with E-state index in [1.165, 1.54) is 11.5 Å². The minimum Gasteiger partial charge on any atom is -0.293 e. The van der Waals surface area contributed by atoms with Gasteiger partial charge in [-0.15, -0.1) is 5.10 Å². The van der Waals surface area contributed by atoms with E-state index in [0.29, 0.717) is 11.3 Å². The van der Waals surface area contributed by atoms with Crippen molar-refractivity contribution in [1.82, 2.24) is 14.6 Å². The lowest BCUT2D eigenvalue weighted by molar-refractivity contribution is 0.0994. The van der Waals surface area contributed by atoms with Crippen LogP contribution in [0.25, 0.3) is 0 Å². The Morgan fingerprint density at radius 1 is 1.44 bits per heavy atom. The molecule has 0 amide bonds. The molecule has 0 unspecified atom stereocenters. The summed E-state index contributed by atoms with van der Waals surface area (Å²) < 4.78 is 4.77. The van der Waals surface area contributed by atoms with E-state index in [-0.39, 0.29) is 5.78 Å². The topological polar surface area (TPSA) is 55.7 Å². The van der Waals surface area contributed by atoms with Crippen molar-refractivity contribution in [3.8, 4) is 0 Å². The number of aromatic nitrogens is 3. The van der Waals surface area contributed by atoms with Crippen molar-refractivity contribution >= 4 is 33.2 Å². The van der Waals surface area contributed by atoms with Gasteiger partial charge in [-0.1, -0.05) is 17.8 Å². The normalized spacial score (nSPS) is 10.6. The highest BCUT2D eigenvalue weighted by molar-refractivity contribution is 9.10. The lowest BCUT2D eigenvalue weighted by Crippen LogP contribution is -2.06. The number of carbonyl (C=O) groups is 1. The molecule has 0 bridgehead atoms. The van der Waals surface area contributed by atoms with Crippen LogP contribution in [0.2, 0.25) is 0 Å². The molecule has 2 aromatic heterocycles. The number of hydrogen-bond donors (Lipinski definition) is 0. The summed E-state index contributed by atoms with van der Waals surface area (Å²) in [5.74, 6) is 0.0447. The van der Waals surface area contributed by atoms with Crippen LogP contribution in [0.15, 0.2) is 22.8 Å². The van der Waals surface area contributed by atoms with Crippen molar-refractivity contribution in [3.05, 3.63) is 39.1 Å². The van der Waals surface area contributed by atoms with E-state index in [0.717, 1.165) is 28.7 Å². The molecule has 0 radical (unpaired) electrons. The van der Waals surface area contributed by atoms with Crippen molar-refractivity contribution in [3.63, 3.8) is 0 Å². The molecule has 6 heteroatoms. The molecule has 18 heavy (non-hydrogen) atoms. The van der Waals surface area contributed by atoms with Gasteiger partial charge in [0.05, 0.1) is 12.1 Å². The molecular weight excluding hydrogens is 314 g/mol. The second kappa shape index (κ2) is 6.15. The van der Waals surface area contributed by atoms with Crippen molar-refractivity contribution in [2.45, 2.75) is 26.2 Å². The van der Waals surface area contributed by atoms with E-state index in [2.05, 4.69) is 37.4 Å².